The summed E-state index contributed by atoms with van der Waals surface area (Å²) >= 11 is 6.21. The molecule has 1 fully saturated rings. The number of ether oxygens (including phenoxy) is 1. The van der Waals surface area contributed by atoms with Gasteiger partial charge in [-0.1, -0.05) is 49.7 Å². The third-order valence-corrected chi connectivity index (χ3v) is 7.31. The number of Topliss-reactive ketones (excluding diaryl/α,β-unsaturated/α-hetero) is 1. The van der Waals surface area contributed by atoms with Crippen LogP contribution in [0.5, 0.6) is 0 Å². The van der Waals surface area contributed by atoms with Crippen LogP contribution in [0.1, 0.15) is 51.1 Å². The topological polar surface area (TPSA) is 70.7 Å². The highest BCUT2D eigenvalue weighted by Gasteiger charge is 2.41. The first-order chi connectivity index (χ1) is 16.8. The fraction of sp³-hybridized carbons (Fsp3) is 0.429. The summed E-state index contributed by atoms with van der Waals surface area (Å²) in [5.74, 6) is 0.0168. The van der Waals surface area contributed by atoms with E-state index < -0.39 is 6.04 Å². The monoisotopic (exact) mass is 493 g/mol. The van der Waals surface area contributed by atoms with Crippen molar-refractivity contribution >= 4 is 34.7 Å². The molecule has 3 aliphatic rings. The molecule has 35 heavy (non-hydrogen) atoms. The summed E-state index contributed by atoms with van der Waals surface area (Å²) in [6, 6.07) is 15.1. The molecular weight excluding hydrogens is 462 g/mol. The maximum atomic E-state index is 13.7. The van der Waals surface area contributed by atoms with Crippen LogP contribution in [0.15, 0.2) is 59.8 Å². The molecule has 2 atom stereocenters. The fourth-order valence-electron chi connectivity index (χ4n) is 5.46. The van der Waals surface area contributed by atoms with E-state index in [2.05, 4.69) is 29.4 Å². The molecule has 0 aromatic heterocycles. The van der Waals surface area contributed by atoms with Crippen molar-refractivity contribution in [2.45, 2.75) is 51.7 Å². The van der Waals surface area contributed by atoms with Crippen molar-refractivity contribution in [2.24, 2.45) is 5.41 Å². The summed E-state index contributed by atoms with van der Waals surface area (Å²) in [6.45, 7) is 5.62. The van der Waals surface area contributed by atoms with Gasteiger partial charge in [0.25, 0.3) is 0 Å². The second kappa shape index (κ2) is 9.67. The number of rotatable bonds is 5. The minimum atomic E-state index is -0.407. The van der Waals surface area contributed by atoms with Gasteiger partial charge in [-0.15, -0.1) is 0 Å². The average molecular weight is 494 g/mol. The van der Waals surface area contributed by atoms with E-state index in [0.717, 1.165) is 54.1 Å². The summed E-state index contributed by atoms with van der Waals surface area (Å²) in [7, 11) is 0. The first-order valence-corrected chi connectivity index (χ1v) is 12.7. The molecule has 2 unspecified atom stereocenters. The molecule has 0 spiro atoms. The fourth-order valence-corrected chi connectivity index (χ4v) is 5.59. The van der Waals surface area contributed by atoms with Crippen molar-refractivity contribution in [3.8, 4) is 0 Å². The summed E-state index contributed by atoms with van der Waals surface area (Å²) in [4.78, 5) is 28.9. The van der Waals surface area contributed by atoms with Crippen molar-refractivity contribution in [1.82, 2.24) is 5.32 Å². The highest BCUT2D eigenvalue weighted by atomic mass is 35.5. The van der Waals surface area contributed by atoms with Crippen LogP contribution in [0.2, 0.25) is 5.02 Å². The van der Waals surface area contributed by atoms with Crippen LogP contribution in [0.25, 0.3) is 0 Å². The van der Waals surface area contributed by atoms with E-state index in [4.69, 9.17) is 16.3 Å². The predicted molar refractivity (Wildman–Crippen MR) is 139 cm³/mol. The summed E-state index contributed by atoms with van der Waals surface area (Å²) in [5, 5.41) is 7.26. The van der Waals surface area contributed by atoms with E-state index in [1.54, 1.807) is 0 Å². The maximum absolute atomic E-state index is 13.7. The molecule has 0 radical (unpaired) electrons. The summed E-state index contributed by atoms with van der Waals surface area (Å²) in [5.41, 5.74) is 4.24. The van der Waals surface area contributed by atoms with E-state index in [1.165, 1.54) is 0 Å². The summed E-state index contributed by atoms with van der Waals surface area (Å²) in [6.07, 6.45) is 3.28. The van der Waals surface area contributed by atoms with Crippen LogP contribution < -0.4 is 15.5 Å². The Kier molecular flexibility index (Phi) is 6.60. The van der Waals surface area contributed by atoms with Crippen molar-refractivity contribution in [3.63, 3.8) is 0 Å². The number of amides is 1. The highest BCUT2D eigenvalue weighted by Crippen LogP contribution is 2.48. The predicted octanol–water partition coefficient (Wildman–Crippen LogP) is 5.25. The number of carbonyl (C=O) groups is 2. The second-order valence-electron chi connectivity index (χ2n) is 10.5. The summed E-state index contributed by atoms with van der Waals surface area (Å²) < 4.78 is 5.67. The molecule has 2 aromatic rings. The Labute approximate surface area is 211 Å². The Morgan fingerprint density at radius 1 is 1.17 bits per heavy atom. The minimum Gasteiger partial charge on any atom is -0.376 e. The number of para-hydroxylation sites is 2. The van der Waals surface area contributed by atoms with Crippen LogP contribution in [0, 0.1) is 5.41 Å². The van der Waals surface area contributed by atoms with Gasteiger partial charge in [-0.25, -0.2) is 0 Å². The first kappa shape index (κ1) is 23.9. The molecule has 2 aromatic carbocycles. The van der Waals surface area contributed by atoms with E-state index in [-0.39, 0.29) is 29.8 Å². The normalized spacial score (nSPS) is 23.3. The van der Waals surface area contributed by atoms with Gasteiger partial charge in [0, 0.05) is 35.9 Å². The van der Waals surface area contributed by atoms with Crippen LogP contribution >= 0.6 is 11.6 Å². The largest absolute Gasteiger partial charge is 0.376 e. The molecule has 6 nitrogen and oxygen atoms in total. The smallest absolute Gasteiger partial charge is 0.239 e. The van der Waals surface area contributed by atoms with Gasteiger partial charge in [0.15, 0.2) is 5.78 Å². The molecule has 0 bridgehead atoms. The highest BCUT2D eigenvalue weighted by molar-refractivity contribution is 6.30. The molecule has 2 N–H and O–H groups in total. The van der Waals surface area contributed by atoms with Crippen molar-refractivity contribution in [2.75, 3.05) is 29.9 Å². The maximum Gasteiger partial charge on any atom is 0.239 e. The Morgan fingerprint density at radius 2 is 1.94 bits per heavy atom. The first-order valence-electron chi connectivity index (χ1n) is 12.3. The standard InChI is InChI=1S/C28H32ClN3O3/c1-28(2)14-22-26(24(33)15-28)27(18-9-11-19(29)12-10-18)32(23-8-4-3-7-21(23)31-22)17-25(34)30-16-20-6-5-13-35-20/h3-4,7-12,20,27,31H,5-6,13-17H2,1-2H3,(H,30,34). The molecule has 2 heterocycles. The number of anilines is 2. The Bertz CT molecular complexity index is 1150. The Hall–Kier alpha value is -2.83. The van der Waals surface area contributed by atoms with Crippen LogP contribution in [-0.4, -0.2) is 37.5 Å². The number of halogens is 1. The molecule has 0 saturated carbocycles. The van der Waals surface area contributed by atoms with Gasteiger partial charge in [0.1, 0.15) is 0 Å². The number of hydrogen-bond donors (Lipinski definition) is 2. The van der Waals surface area contributed by atoms with Crippen LogP contribution in [-0.2, 0) is 14.3 Å². The zero-order chi connectivity index (χ0) is 24.6. The van der Waals surface area contributed by atoms with Gasteiger partial charge in [-0.3, -0.25) is 9.59 Å². The van der Waals surface area contributed by atoms with E-state index >= 15 is 0 Å². The SMILES string of the molecule is CC1(C)CC(=O)C2=C(C1)Nc1ccccc1N(CC(=O)NCC1CCCO1)C2c1ccc(Cl)cc1. The molecule has 1 saturated heterocycles. The molecule has 7 heteroatoms. The van der Waals surface area contributed by atoms with E-state index in [9.17, 15) is 9.59 Å². The third kappa shape index (κ3) is 5.09. The number of nitrogens with one attached hydrogen (secondary N) is 2. The molecule has 2 aliphatic heterocycles. The molecule has 1 aliphatic carbocycles. The zero-order valence-electron chi connectivity index (χ0n) is 20.3. The number of ketones is 1. The van der Waals surface area contributed by atoms with Gasteiger partial charge in [0.05, 0.1) is 30.1 Å². The molecule has 5 rings (SSSR count). The molecule has 184 valence electrons. The van der Waals surface area contributed by atoms with Crippen LogP contribution in [0.4, 0.5) is 11.4 Å². The van der Waals surface area contributed by atoms with E-state index in [0.29, 0.717) is 18.0 Å². The quantitative estimate of drug-likeness (QED) is 0.595. The third-order valence-electron chi connectivity index (χ3n) is 7.05. The minimum absolute atomic E-state index is 0.0700. The number of nitrogens with zero attached hydrogens (tertiary/aromatic N) is 1. The van der Waals surface area contributed by atoms with Gasteiger partial charge in [-0.05, 0) is 54.5 Å². The Morgan fingerprint density at radius 3 is 2.69 bits per heavy atom. The van der Waals surface area contributed by atoms with Gasteiger partial charge in [-0.2, -0.15) is 0 Å². The van der Waals surface area contributed by atoms with Gasteiger partial charge < -0.3 is 20.3 Å². The van der Waals surface area contributed by atoms with E-state index in [1.807, 2.05) is 48.5 Å². The lowest BCUT2D eigenvalue weighted by atomic mass is 9.73. The van der Waals surface area contributed by atoms with Gasteiger partial charge >= 0.3 is 0 Å². The van der Waals surface area contributed by atoms with Crippen molar-refractivity contribution < 1.29 is 14.3 Å². The number of hydrogen-bond acceptors (Lipinski definition) is 5. The number of fused-ring (bicyclic) bond motifs is 1. The lowest BCUT2D eigenvalue weighted by molar-refractivity contribution is -0.121. The Balaban J connectivity index is 1.57. The number of carbonyl (C=O) groups excluding carboxylic acids is 2. The lowest BCUT2D eigenvalue weighted by Crippen LogP contribution is -2.43. The molecular formula is C28H32ClN3O3. The lowest BCUT2D eigenvalue weighted by Gasteiger charge is -2.38. The zero-order valence-corrected chi connectivity index (χ0v) is 21.0. The van der Waals surface area contributed by atoms with Crippen molar-refractivity contribution in [3.05, 3.63) is 70.4 Å². The molecule has 1 amide bonds. The average Bonchev–Trinajstić information content (AvgIpc) is 3.29. The van der Waals surface area contributed by atoms with Crippen LogP contribution in [0.3, 0.4) is 0 Å². The number of allylic oxidation sites excluding steroid dienone is 1. The second-order valence-corrected chi connectivity index (χ2v) is 10.9. The van der Waals surface area contributed by atoms with Crippen molar-refractivity contribution in [1.29, 1.82) is 0 Å². The number of benzene rings is 2. The van der Waals surface area contributed by atoms with Gasteiger partial charge in [0.2, 0.25) is 5.91 Å².